The molecule has 0 radical (unpaired) electrons. The maximum absolute atomic E-state index is 12.3. The zero-order valence-corrected chi connectivity index (χ0v) is 12.8. The number of rotatable bonds is 3. The molecule has 0 spiro atoms. The maximum Gasteiger partial charge on any atom is 0.233 e. The number of fused-ring (bicyclic) bond motifs is 1. The summed E-state index contributed by atoms with van der Waals surface area (Å²) in [6, 6.07) is 7.83. The first-order chi connectivity index (χ1) is 10.1. The van der Waals surface area contributed by atoms with Crippen molar-refractivity contribution in [3.63, 3.8) is 0 Å². The highest BCUT2D eigenvalue weighted by Gasteiger charge is 2.26. The normalized spacial score (nSPS) is 17.2. The van der Waals surface area contributed by atoms with Crippen LogP contribution in [-0.2, 0) is 11.2 Å². The number of nitrogens with one attached hydrogen (secondary N) is 1. The number of para-hydroxylation sites is 1. The lowest BCUT2D eigenvalue weighted by Crippen LogP contribution is -2.32. The van der Waals surface area contributed by atoms with E-state index in [-0.39, 0.29) is 11.8 Å². The number of carbonyl (C=O) groups is 1. The lowest BCUT2D eigenvalue weighted by atomic mass is 9.96. The van der Waals surface area contributed by atoms with Crippen LogP contribution in [0.25, 0.3) is 0 Å². The van der Waals surface area contributed by atoms with E-state index in [9.17, 15) is 4.79 Å². The van der Waals surface area contributed by atoms with Crippen molar-refractivity contribution >= 4 is 22.4 Å². The van der Waals surface area contributed by atoms with E-state index in [1.54, 1.807) is 0 Å². The topological polar surface area (TPSA) is 64.1 Å². The van der Waals surface area contributed by atoms with E-state index in [4.69, 9.17) is 4.74 Å². The predicted octanol–water partition coefficient (Wildman–Crippen LogP) is 2.85. The van der Waals surface area contributed by atoms with Gasteiger partial charge in [-0.1, -0.05) is 43.4 Å². The van der Waals surface area contributed by atoms with Gasteiger partial charge in [-0.25, -0.2) is 0 Å². The molecule has 0 fully saturated rings. The second-order valence-corrected chi connectivity index (χ2v) is 6.42. The number of anilines is 1. The molecule has 1 aromatic heterocycles. The molecule has 1 aliphatic heterocycles. The van der Waals surface area contributed by atoms with E-state index in [2.05, 4.69) is 29.4 Å². The van der Waals surface area contributed by atoms with Gasteiger partial charge in [0.05, 0.1) is 5.92 Å². The average molecular weight is 303 g/mol. The Morgan fingerprint density at radius 3 is 2.95 bits per heavy atom. The number of aromatic nitrogens is 2. The Morgan fingerprint density at radius 1 is 1.38 bits per heavy atom. The monoisotopic (exact) mass is 303 g/mol. The van der Waals surface area contributed by atoms with Gasteiger partial charge in [0.15, 0.2) is 0 Å². The van der Waals surface area contributed by atoms with E-state index in [0.717, 1.165) is 16.3 Å². The maximum atomic E-state index is 12.3. The van der Waals surface area contributed by atoms with Gasteiger partial charge in [-0.05, 0) is 18.1 Å². The Hall–Kier alpha value is -1.95. The lowest BCUT2D eigenvalue weighted by Gasteiger charge is -2.23. The highest BCUT2D eigenvalue weighted by atomic mass is 32.1. The summed E-state index contributed by atoms with van der Waals surface area (Å²) in [6.07, 6.45) is 0.692. The van der Waals surface area contributed by atoms with E-state index in [0.29, 0.717) is 24.1 Å². The molecule has 21 heavy (non-hydrogen) atoms. The Morgan fingerprint density at radius 2 is 2.19 bits per heavy atom. The van der Waals surface area contributed by atoms with Gasteiger partial charge >= 0.3 is 0 Å². The standard InChI is InChI=1S/C15H17N3O2S/c1-9(2)14-17-18-15(21-14)16-13(19)11-7-10-5-3-4-6-12(10)20-8-11/h3-6,9,11H,7-8H2,1-2H3,(H,16,18,19). The third-order valence-corrected chi connectivity index (χ3v) is 4.55. The third-order valence-electron chi connectivity index (χ3n) is 3.41. The number of benzene rings is 1. The summed E-state index contributed by atoms with van der Waals surface area (Å²) in [5, 5.41) is 12.4. The molecule has 1 N–H and O–H groups in total. The molecule has 1 atom stereocenters. The van der Waals surface area contributed by atoms with Gasteiger partial charge in [0.1, 0.15) is 17.4 Å². The van der Waals surface area contributed by atoms with Crippen LogP contribution in [-0.4, -0.2) is 22.7 Å². The molecule has 6 heteroatoms. The first-order valence-corrected chi connectivity index (χ1v) is 7.80. The molecule has 2 heterocycles. The zero-order chi connectivity index (χ0) is 14.8. The number of carbonyl (C=O) groups excluding carboxylic acids is 1. The van der Waals surface area contributed by atoms with Gasteiger partial charge in [-0.15, -0.1) is 10.2 Å². The predicted molar refractivity (Wildman–Crippen MR) is 81.8 cm³/mol. The highest BCUT2D eigenvalue weighted by molar-refractivity contribution is 7.15. The summed E-state index contributed by atoms with van der Waals surface area (Å²) in [4.78, 5) is 12.3. The van der Waals surface area contributed by atoms with Crippen molar-refractivity contribution < 1.29 is 9.53 Å². The van der Waals surface area contributed by atoms with Crippen LogP contribution in [0.4, 0.5) is 5.13 Å². The van der Waals surface area contributed by atoms with E-state index >= 15 is 0 Å². The number of amides is 1. The van der Waals surface area contributed by atoms with Gasteiger partial charge in [0.2, 0.25) is 11.0 Å². The van der Waals surface area contributed by atoms with Crippen LogP contribution in [0.5, 0.6) is 5.75 Å². The number of nitrogens with zero attached hydrogens (tertiary/aromatic N) is 2. The summed E-state index contributed by atoms with van der Waals surface area (Å²) >= 11 is 1.42. The molecule has 110 valence electrons. The molecular weight excluding hydrogens is 286 g/mol. The van der Waals surface area contributed by atoms with E-state index < -0.39 is 0 Å². The quantitative estimate of drug-likeness (QED) is 0.947. The second kappa shape index (κ2) is 5.81. The van der Waals surface area contributed by atoms with Crippen molar-refractivity contribution in [2.75, 3.05) is 11.9 Å². The fourth-order valence-corrected chi connectivity index (χ4v) is 2.97. The molecule has 0 aliphatic carbocycles. The molecule has 1 aromatic carbocycles. The average Bonchev–Trinajstić information content (AvgIpc) is 2.95. The molecule has 5 nitrogen and oxygen atoms in total. The summed E-state index contributed by atoms with van der Waals surface area (Å²) < 4.78 is 5.64. The lowest BCUT2D eigenvalue weighted by molar-refractivity contribution is -0.121. The SMILES string of the molecule is CC(C)c1nnc(NC(=O)C2COc3ccccc3C2)s1. The Kier molecular flexibility index (Phi) is 3.88. The second-order valence-electron chi connectivity index (χ2n) is 5.41. The van der Waals surface area contributed by atoms with Crippen molar-refractivity contribution in [3.05, 3.63) is 34.8 Å². The summed E-state index contributed by atoms with van der Waals surface area (Å²) in [7, 11) is 0. The van der Waals surface area contributed by atoms with Gasteiger partial charge in [0, 0.05) is 5.92 Å². The molecule has 0 bridgehead atoms. The highest BCUT2D eigenvalue weighted by Crippen LogP contribution is 2.28. The number of hydrogen-bond acceptors (Lipinski definition) is 5. The van der Waals surface area contributed by atoms with E-state index in [1.807, 2.05) is 24.3 Å². The van der Waals surface area contributed by atoms with Crippen LogP contribution in [0.15, 0.2) is 24.3 Å². The molecule has 1 unspecified atom stereocenters. The van der Waals surface area contributed by atoms with Crippen molar-refractivity contribution in [1.82, 2.24) is 10.2 Å². The number of ether oxygens (including phenoxy) is 1. The van der Waals surface area contributed by atoms with E-state index in [1.165, 1.54) is 11.3 Å². The van der Waals surface area contributed by atoms with Gasteiger partial charge in [-0.2, -0.15) is 0 Å². The van der Waals surface area contributed by atoms with Gasteiger partial charge in [-0.3, -0.25) is 4.79 Å². The van der Waals surface area contributed by atoms with Crippen LogP contribution in [0.3, 0.4) is 0 Å². The molecule has 1 amide bonds. The van der Waals surface area contributed by atoms with Crippen LogP contribution >= 0.6 is 11.3 Å². The molecule has 2 aromatic rings. The number of hydrogen-bond donors (Lipinski definition) is 1. The minimum absolute atomic E-state index is 0.0593. The molecular formula is C15H17N3O2S. The van der Waals surface area contributed by atoms with Crippen molar-refractivity contribution in [3.8, 4) is 5.75 Å². The summed E-state index contributed by atoms with van der Waals surface area (Å²) in [5.41, 5.74) is 1.07. The Balaban J connectivity index is 1.66. The molecule has 3 rings (SSSR count). The first-order valence-electron chi connectivity index (χ1n) is 6.98. The summed E-state index contributed by atoms with van der Waals surface area (Å²) in [6.45, 7) is 4.51. The summed E-state index contributed by atoms with van der Waals surface area (Å²) in [5.74, 6) is 0.944. The van der Waals surface area contributed by atoms with Gasteiger partial charge < -0.3 is 10.1 Å². The fourth-order valence-electron chi connectivity index (χ4n) is 2.22. The Labute approximate surface area is 127 Å². The molecule has 0 saturated carbocycles. The van der Waals surface area contributed by atoms with Crippen LogP contribution < -0.4 is 10.1 Å². The van der Waals surface area contributed by atoms with Crippen LogP contribution in [0, 0.1) is 5.92 Å². The largest absolute Gasteiger partial charge is 0.492 e. The zero-order valence-electron chi connectivity index (χ0n) is 12.0. The van der Waals surface area contributed by atoms with Gasteiger partial charge in [0.25, 0.3) is 0 Å². The Bertz CT molecular complexity index is 654. The third kappa shape index (κ3) is 3.05. The molecule has 0 saturated heterocycles. The van der Waals surface area contributed by atoms with Crippen molar-refractivity contribution in [2.24, 2.45) is 5.92 Å². The fraction of sp³-hybridized carbons (Fsp3) is 0.400. The van der Waals surface area contributed by atoms with Crippen LogP contribution in [0.2, 0.25) is 0 Å². The van der Waals surface area contributed by atoms with Crippen LogP contribution in [0.1, 0.15) is 30.3 Å². The minimum Gasteiger partial charge on any atom is -0.492 e. The first kappa shape index (κ1) is 14.0. The van der Waals surface area contributed by atoms with Crippen molar-refractivity contribution in [1.29, 1.82) is 0 Å². The minimum atomic E-state index is -0.189. The smallest absolute Gasteiger partial charge is 0.233 e. The molecule has 1 aliphatic rings. The van der Waals surface area contributed by atoms with Crippen molar-refractivity contribution in [2.45, 2.75) is 26.2 Å².